The number of imide groups is 1. The van der Waals surface area contributed by atoms with Crippen molar-refractivity contribution < 1.29 is 23.9 Å². The summed E-state index contributed by atoms with van der Waals surface area (Å²) in [5, 5.41) is 2.43. The second kappa shape index (κ2) is 8.94. The van der Waals surface area contributed by atoms with Gasteiger partial charge in [-0.05, 0) is 42.0 Å². The Hall–Kier alpha value is -2.48. The van der Waals surface area contributed by atoms with E-state index in [4.69, 9.17) is 9.47 Å². The number of carbonyl (C=O) groups excluding carboxylic acids is 3. The molecule has 7 nitrogen and oxygen atoms in total. The van der Waals surface area contributed by atoms with Gasteiger partial charge < -0.3 is 14.8 Å². The molecule has 144 valence electrons. The van der Waals surface area contributed by atoms with Gasteiger partial charge in [-0.15, -0.1) is 0 Å². The molecule has 2 aliphatic heterocycles. The quantitative estimate of drug-likeness (QED) is 0.542. The standard InChI is InChI=1S/C19H22N2O5S/c1-2-3-4-5-17(22)20-8-9-21-18(23)16(27-19(21)24)11-13-6-7-14-15(10-13)26-12-25-14/h6-7,10-11H,2-5,8-9,12H2,1H3,(H,20,22)/b16-11-. The van der Waals surface area contributed by atoms with Crippen LogP contribution in [0.5, 0.6) is 11.5 Å². The molecule has 0 saturated carbocycles. The SMILES string of the molecule is CCCCCC(=O)NCCN1C(=O)S/C(=C\c2ccc3c(c2)OCO3)C1=O. The van der Waals surface area contributed by atoms with Crippen molar-refractivity contribution in [2.45, 2.75) is 32.6 Å². The maximum atomic E-state index is 12.5. The molecule has 0 unspecified atom stereocenters. The second-order valence-electron chi connectivity index (χ2n) is 6.25. The minimum atomic E-state index is -0.345. The molecule has 1 saturated heterocycles. The highest BCUT2D eigenvalue weighted by atomic mass is 32.2. The molecule has 0 atom stereocenters. The number of fused-ring (bicyclic) bond motifs is 1. The summed E-state index contributed by atoms with van der Waals surface area (Å²) in [5.74, 6) is 0.887. The summed E-state index contributed by atoms with van der Waals surface area (Å²) >= 11 is 0.899. The number of nitrogens with one attached hydrogen (secondary N) is 1. The molecule has 2 heterocycles. The van der Waals surface area contributed by atoms with E-state index in [1.54, 1.807) is 24.3 Å². The highest BCUT2D eigenvalue weighted by molar-refractivity contribution is 8.18. The van der Waals surface area contributed by atoms with Gasteiger partial charge in [-0.25, -0.2) is 0 Å². The first-order valence-corrected chi connectivity index (χ1v) is 9.82. The third-order valence-corrected chi connectivity index (χ3v) is 5.14. The summed E-state index contributed by atoms with van der Waals surface area (Å²) in [6, 6.07) is 5.34. The number of hydrogen-bond donors (Lipinski definition) is 1. The smallest absolute Gasteiger partial charge is 0.293 e. The van der Waals surface area contributed by atoms with Crippen molar-refractivity contribution in [1.82, 2.24) is 10.2 Å². The molecule has 3 rings (SSSR count). The van der Waals surface area contributed by atoms with E-state index in [1.807, 2.05) is 0 Å². The Morgan fingerprint density at radius 3 is 2.89 bits per heavy atom. The van der Waals surface area contributed by atoms with E-state index in [0.717, 1.165) is 41.5 Å². The normalized spacial score (nSPS) is 17.1. The molecule has 1 aromatic carbocycles. The zero-order chi connectivity index (χ0) is 19.2. The van der Waals surface area contributed by atoms with Gasteiger partial charge in [-0.1, -0.05) is 25.8 Å². The van der Waals surface area contributed by atoms with Crippen molar-refractivity contribution in [3.63, 3.8) is 0 Å². The Balaban J connectivity index is 1.54. The van der Waals surface area contributed by atoms with Crippen molar-refractivity contribution in [2.75, 3.05) is 19.9 Å². The molecule has 0 spiro atoms. The number of nitrogens with zero attached hydrogens (tertiary/aromatic N) is 1. The van der Waals surface area contributed by atoms with E-state index in [1.165, 1.54) is 0 Å². The molecule has 0 aromatic heterocycles. The predicted molar refractivity (Wildman–Crippen MR) is 102 cm³/mol. The zero-order valence-electron chi connectivity index (χ0n) is 15.2. The maximum absolute atomic E-state index is 12.5. The molecule has 1 fully saturated rings. The molecule has 1 aromatic rings. The van der Waals surface area contributed by atoms with Crippen LogP contribution in [0, 0.1) is 0 Å². The van der Waals surface area contributed by atoms with Crippen molar-refractivity contribution in [1.29, 1.82) is 0 Å². The molecule has 1 N–H and O–H groups in total. The first-order valence-electron chi connectivity index (χ1n) is 9.00. The third-order valence-electron chi connectivity index (χ3n) is 4.23. The average molecular weight is 390 g/mol. The lowest BCUT2D eigenvalue weighted by atomic mass is 10.2. The van der Waals surface area contributed by atoms with Gasteiger partial charge in [0.15, 0.2) is 11.5 Å². The van der Waals surface area contributed by atoms with Crippen LogP contribution < -0.4 is 14.8 Å². The Bertz CT molecular complexity index is 777. The summed E-state index contributed by atoms with van der Waals surface area (Å²) in [6.07, 6.45) is 5.05. The highest BCUT2D eigenvalue weighted by Gasteiger charge is 2.34. The Labute approximate surface area is 162 Å². The highest BCUT2D eigenvalue weighted by Crippen LogP contribution is 2.36. The Kier molecular flexibility index (Phi) is 6.39. The van der Waals surface area contributed by atoms with Crippen LogP contribution >= 0.6 is 11.8 Å². The molecular formula is C19H22N2O5S. The maximum Gasteiger partial charge on any atom is 0.293 e. The summed E-state index contributed by atoms with van der Waals surface area (Å²) in [6.45, 7) is 2.69. The lowest BCUT2D eigenvalue weighted by molar-refractivity contribution is -0.124. The molecule has 0 radical (unpaired) electrons. The van der Waals surface area contributed by atoms with Crippen LogP contribution in [0.1, 0.15) is 38.2 Å². The van der Waals surface area contributed by atoms with Crippen LogP contribution in [-0.2, 0) is 9.59 Å². The molecule has 3 amide bonds. The lowest BCUT2D eigenvalue weighted by Crippen LogP contribution is -2.37. The molecule has 27 heavy (non-hydrogen) atoms. The van der Waals surface area contributed by atoms with Gasteiger partial charge in [0.2, 0.25) is 12.7 Å². The fraction of sp³-hybridized carbons (Fsp3) is 0.421. The fourth-order valence-corrected chi connectivity index (χ4v) is 3.64. The second-order valence-corrected chi connectivity index (χ2v) is 7.25. The number of hydrogen-bond acceptors (Lipinski definition) is 6. The van der Waals surface area contributed by atoms with Gasteiger partial charge >= 0.3 is 0 Å². The van der Waals surface area contributed by atoms with E-state index >= 15 is 0 Å². The van der Waals surface area contributed by atoms with Crippen molar-refractivity contribution in [3.05, 3.63) is 28.7 Å². The number of thioether (sulfide) groups is 1. The van der Waals surface area contributed by atoms with E-state index in [-0.39, 0.29) is 36.9 Å². The number of ether oxygens (including phenoxy) is 2. The summed E-state index contributed by atoms with van der Waals surface area (Å²) in [7, 11) is 0. The molecular weight excluding hydrogens is 368 g/mol. The van der Waals surface area contributed by atoms with Crippen molar-refractivity contribution in [3.8, 4) is 11.5 Å². The average Bonchev–Trinajstić information content (AvgIpc) is 3.21. The number of rotatable bonds is 8. The van der Waals surface area contributed by atoms with E-state index in [9.17, 15) is 14.4 Å². The largest absolute Gasteiger partial charge is 0.454 e. The molecule has 0 aliphatic carbocycles. The third kappa shape index (κ3) is 4.82. The van der Waals surface area contributed by atoms with Gasteiger partial charge in [0.1, 0.15) is 0 Å². The predicted octanol–water partition coefficient (Wildman–Crippen LogP) is 3.15. The van der Waals surface area contributed by atoms with Crippen LogP contribution in [0.4, 0.5) is 4.79 Å². The molecule has 8 heteroatoms. The van der Waals surface area contributed by atoms with Gasteiger partial charge in [-0.3, -0.25) is 19.3 Å². The summed E-state index contributed by atoms with van der Waals surface area (Å²) < 4.78 is 10.6. The van der Waals surface area contributed by atoms with E-state index in [0.29, 0.717) is 22.8 Å². The van der Waals surface area contributed by atoms with Gasteiger partial charge in [-0.2, -0.15) is 0 Å². The van der Waals surface area contributed by atoms with Gasteiger partial charge in [0.05, 0.1) is 4.91 Å². The number of amides is 3. The summed E-state index contributed by atoms with van der Waals surface area (Å²) in [5.41, 5.74) is 0.758. The number of benzene rings is 1. The Morgan fingerprint density at radius 1 is 1.26 bits per heavy atom. The Morgan fingerprint density at radius 2 is 2.07 bits per heavy atom. The lowest BCUT2D eigenvalue weighted by Gasteiger charge is -2.12. The number of carbonyl (C=O) groups is 3. The first kappa shape index (κ1) is 19.3. The topological polar surface area (TPSA) is 84.9 Å². The molecule has 0 bridgehead atoms. The van der Waals surface area contributed by atoms with E-state index < -0.39 is 0 Å². The van der Waals surface area contributed by atoms with E-state index in [2.05, 4.69) is 12.2 Å². The zero-order valence-corrected chi connectivity index (χ0v) is 16.0. The van der Waals surface area contributed by atoms with Gasteiger partial charge in [0, 0.05) is 19.5 Å². The molecule has 2 aliphatic rings. The minimum absolute atomic E-state index is 0.0497. The van der Waals surface area contributed by atoms with Crippen LogP contribution in [0.15, 0.2) is 23.1 Å². The van der Waals surface area contributed by atoms with Crippen LogP contribution in [-0.4, -0.2) is 41.8 Å². The summed E-state index contributed by atoms with van der Waals surface area (Å²) in [4.78, 5) is 37.8. The fourth-order valence-electron chi connectivity index (χ4n) is 2.78. The van der Waals surface area contributed by atoms with Crippen LogP contribution in [0.3, 0.4) is 0 Å². The number of unbranched alkanes of at least 4 members (excludes halogenated alkanes) is 2. The first-order chi connectivity index (χ1) is 13.1. The minimum Gasteiger partial charge on any atom is -0.454 e. The van der Waals surface area contributed by atoms with Crippen molar-refractivity contribution in [2.24, 2.45) is 0 Å². The monoisotopic (exact) mass is 390 g/mol. The van der Waals surface area contributed by atoms with Crippen LogP contribution in [0.25, 0.3) is 6.08 Å². The van der Waals surface area contributed by atoms with Crippen LogP contribution in [0.2, 0.25) is 0 Å². The van der Waals surface area contributed by atoms with Gasteiger partial charge in [0.25, 0.3) is 11.1 Å². The van der Waals surface area contributed by atoms with Crippen molar-refractivity contribution >= 4 is 34.9 Å².